The van der Waals surface area contributed by atoms with E-state index >= 15 is 0 Å². The van der Waals surface area contributed by atoms with Crippen molar-refractivity contribution in [2.45, 2.75) is 27.3 Å². The summed E-state index contributed by atoms with van der Waals surface area (Å²) in [5.74, 6) is 0.588. The van der Waals surface area contributed by atoms with Crippen molar-refractivity contribution in [3.8, 4) is 0 Å². The molecule has 2 rings (SSSR count). The van der Waals surface area contributed by atoms with E-state index in [0.29, 0.717) is 23.6 Å². The zero-order valence-corrected chi connectivity index (χ0v) is 15.3. The molecule has 1 heterocycles. The van der Waals surface area contributed by atoms with E-state index in [1.165, 1.54) is 7.11 Å². The number of carbonyl (C=O) groups is 2. The van der Waals surface area contributed by atoms with Crippen LogP contribution in [0.2, 0.25) is 0 Å². The van der Waals surface area contributed by atoms with Gasteiger partial charge < -0.3 is 14.5 Å². The molecule has 0 saturated heterocycles. The summed E-state index contributed by atoms with van der Waals surface area (Å²) >= 11 is 0. The van der Waals surface area contributed by atoms with Gasteiger partial charge in [-0.2, -0.15) is 0 Å². The Morgan fingerprint density at radius 1 is 1.24 bits per heavy atom. The predicted octanol–water partition coefficient (Wildman–Crippen LogP) is 3.06. The third-order valence-electron chi connectivity index (χ3n) is 4.09. The highest BCUT2D eigenvalue weighted by Gasteiger charge is 2.17. The van der Waals surface area contributed by atoms with Gasteiger partial charge in [-0.3, -0.25) is 9.69 Å². The SMILES string of the molecule is COC(=O)c1cc(CN(C)CC(=O)Nc2cccc(C)c2C)oc1C. The van der Waals surface area contributed by atoms with Crippen LogP contribution in [0.15, 0.2) is 28.7 Å². The summed E-state index contributed by atoms with van der Waals surface area (Å²) in [7, 11) is 3.15. The zero-order chi connectivity index (χ0) is 18.6. The molecule has 0 bridgehead atoms. The van der Waals surface area contributed by atoms with Crippen LogP contribution < -0.4 is 5.32 Å². The van der Waals surface area contributed by atoms with E-state index in [0.717, 1.165) is 16.8 Å². The fourth-order valence-corrected chi connectivity index (χ4v) is 2.58. The largest absolute Gasteiger partial charge is 0.465 e. The second kappa shape index (κ2) is 7.98. The van der Waals surface area contributed by atoms with Crippen LogP contribution in [-0.4, -0.2) is 37.5 Å². The van der Waals surface area contributed by atoms with Crippen molar-refractivity contribution >= 4 is 17.6 Å². The number of rotatable bonds is 6. The summed E-state index contributed by atoms with van der Waals surface area (Å²) in [5, 5.41) is 2.93. The number of amides is 1. The maximum Gasteiger partial charge on any atom is 0.341 e. The molecule has 25 heavy (non-hydrogen) atoms. The van der Waals surface area contributed by atoms with Gasteiger partial charge >= 0.3 is 5.97 Å². The van der Waals surface area contributed by atoms with Crippen molar-refractivity contribution < 1.29 is 18.7 Å². The number of likely N-dealkylation sites (N-methyl/N-ethyl adjacent to an activating group) is 1. The molecule has 0 fully saturated rings. The maximum atomic E-state index is 12.2. The summed E-state index contributed by atoms with van der Waals surface area (Å²) < 4.78 is 10.3. The van der Waals surface area contributed by atoms with Crippen LogP contribution in [0.1, 0.15) is 33.0 Å². The van der Waals surface area contributed by atoms with Crippen LogP contribution in [0, 0.1) is 20.8 Å². The van der Waals surface area contributed by atoms with Crippen LogP contribution in [0.25, 0.3) is 0 Å². The highest BCUT2D eigenvalue weighted by Crippen LogP contribution is 2.19. The molecule has 1 N–H and O–H groups in total. The monoisotopic (exact) mass is 344 g/mol. The molecule has 6 nitrogen and oxygen atoms in total. The lowest BCUT2D eigenvalue weighted by molar-refractivity contribution is -0.117. The van der Waals surface area contributed by atoms with Gasteiger partial charge in [-0.05, 0) is 51.1 Å². The Labute approximate surface area is 147 Å². The molecule has 1 aromatic heterocycles. The molecule has 2 aromatic rings. The van der Waals surface area contributed by atoms with E-state index in [1.807, 2.05) is 44.0 Å². The molecule has 0 saturated carbocycles. The number of furan rings is 1. The quantitative estimate of drug-likeness (QED) is 0.816. The van der Waals surface area contributed by atoms with Crippen LogP contribution in [-0.2, 0) is 16.1 Å². The van der Waals surface area contributed by atoms with E-state index in [1.54, 1.807) is 13.0 Å². The van der Waals surface area contributed by atoms with Gasteiger partial charge in [-0.25, -0.2) is 4.79 Å². The molecule has 1 aromatic carbocycles. The number of esters is 1. The fraction of sp³-hybridized carbons (Fsp3) is 0.368. The minimum Gasteiger partial charge on any atom is -0.465 e. The normalized spacial score (nSPS) is 10.8. The number of carbonyl (C=O) groups excluding carboxylic acids is 2. The molecule has 1 amide bonds. The number of anilines is 1. The highest BCUT2D eigenvalue weighted by molar-refractivity contribution is 5.93. The smallest absolute Gasteiger partial charge is 0.341 e. The van der Waals surface area contributed by atoms with Crippen molar-refractivity contribution in [1.82, 2.24) is 4.90 Å². The first-order valence-corrected chi connectivity index (χ1v) is 8.04. The van der Waals surface area contributed by atoms with Crippen molar-refractivity contribution in [2.24, 2.45) is 0 Å². The summed E-state index contributed by atoms with van der Waals surface area (Å²) in [5.41, 5.74) is 3.42. The molecule has 0 atom stereocenters. The molecule has 0 aliphatic carbocycles. The molecular weight excluding hydrogens is 320 g/mol. The number of benzene rings is 1. The first kappa shape index (κ1) is 18.7. The highest BCUT2D eigenvalue weighted by atomic mass is 16.5. The number of nitrogens with one attached hydrogen (secondary N) is 1. The standard InChI is InChI=1S/C19H24N2O4/c1-12-7-6-8-17(13(12)2)20-18(22)11-21(4)10-15-9-16(14(3)25-15)19(23)24-5/h6-9H,10-11H2,1-5H3,(H,20,22). The van der Waals surface area contributed by atoms with Crippen molar-refractivity contribution in [1.29, 1.82) is 0 Å². The lowest BCUT2D eigenvalue weighted by Gasteiger charge is -2.16. The van der Waals surface area contributed by atoms with Crippen molar-refractivity contribution in [3.63, 3.8) is 0 Å². The van der Waals surface area contributed by atoms with Crippen LogP contribution in [0.3, 0.4) is 0 Å². The van der Waals surface area contributed by atoms with Crippen LogP contribution in [0.4, 0.5) is 5.69 Å². The third kappa shape index (κ3) is 4.70. The summed E-state index contributed by atoms with van der Waals surface area (Å²) in [6.45, 7) is 6.32. The van der Waals surface area contributed by atoms with Gasteiger partial charge in [0.1, 0.15) is 17.1 Å². The van der Waals surface area contributed by atoms with E-state index in [4.69, 9.17) is 9.15 Å². The predicted molar refractivity (Wildman–Crippen MR) is 95.7 cm³/mol. The Bertz CT molecular complexity index is 780. The molecule has 0 aliphatic heterocycles. The molecule has 6 heteroatoms. The topological polar surface area (TPSA) is 71.8 Å². The average Bonchev–Trinajstić information content (AvgIpc) is 2.91. The second-order valence-electron chi connectivity index (χ2n) is 6.14. The maximum absolute atomic E-state index is 12.2. The van der Waals surface area contributed by atoms with Crippen LogP contribution in [0.5, 0.6) is 0 Å². The Morgan fingerprint density at radius 2 is 1.96 bits per heavy atom. The Morgan fingerprint density at radius 3 is 2.64 bits per heavy atom. The first-order chi connectivity index (χ1) is 11.8. The van der Waals surface area contributed by atoms with E-state index in [2.05, 4.69) is 5.32 Å². The third-order valence-corrected chi connectivity index (χ3v) is 4.09. The number of hydrogen-bond acceptors (Lipinski definition) is 5. The molecule has 0 radical (unpaired) electrons. The number of aryl methyl sites for hydroxylation is 2. The molecule has 0 spiro atoms. The molecular formula is C19H24N2O4. The van der Waals surface area contributed by atoms with E-state index in [9.17, 15) is 9.59 Å². The summed E-state index contributed by atoms with van der Waals surface area (Å²) in [6, 6.07) is 7.47. The van der Waals surface area contributed by atoms with Gasteiger partial charge in [0.15, 0.2) is 0 Å². The van der Waals surface area contributed by atoms with Gasteiger partial charge in [0.05, 0.1) is 20.2 Å². The lowest BCUT2D eigenvalue weighted by atomic mass is 10.1. The lowest BCUT2D eigenvalue weighted by Crippen LogP contribution is -2.30. The number of ether oxygens (including phenoxy) is 1. The first-order valence-electron chi connectivity index (χ1n) is 8.04. The van der Waals surface area contributed by atoms with E-state index < -0.39 is 5.97 Å². The van der Waals surface area contributed by atoms with Crippen molar-refractivity contribution in [2.75, 3.05) is 26.0 Å². The number of hydrogen-bond donors (Lipinski definition) is 1. The summed E-state index contributed by atoms with van der Waals surface area (Å²) in [4.78, 5) is 25.7. The Hall–Kier alpha value is -2.60. The van der Waals surface area contributed by atoms with Gasteiger partial charge in [-0.15, -0.1) is 0 Å². The van der Waals surface area contributed by atoms with Gasteiger partial charge in [0, 0.05) is 5.69 Å². The Balaban J connectivity index is 1.96. The zero-order valence-electron chi connectivity index (χ0n) is 15.3. The minimum absolute atomic E-state index is 0.104. The van der Waals surface area contributed by atoms with Gasteiger partial charge in [-0.1, -0.05) is 12.1 Å². The number of methoxy groups -OCH3 is 1. The molecule has 0 unspecified atom stereocenters. The fourth-order valence-electron chi connectivity index (χ4n) is 2.58. The molecule has 134 valence electrons. The minimum atomic E-state index is -0.428. The van der Waals surface area contributed by atoms with Gasteiger partial charge in [0.25, 0.3) is 0 Å². The Kier molecular flexibility index (Phi) is 5.98. The average molecular weight is 344 g/mol. The second-order valence-corrected chi connectivity index (χ2v) is 6.14. The molecule has 0 aliphatic rings. The van der Waals surface area contributed by atoms with Gasteiger partial charge in [0.2, 0.25) is 5.91 Å². The van der Waals surface area contributed by atoms with Crippen LogP contribution >= 0.6 is 0 Å². The number of nitrogens with zero attached hydrogens (tertiary/aromatic N) is 1. The van der Waals surface area contributed by atoms with Crippen molar-refractivity contribution in [3.05, 3.63) is 52.5 Å². The summed E-state index contributed by atoms with van der Waals surface area (Å²) in [6.07, 6.45) is 0. The van der Waals surface area contributed by atoms with E-state index in [-0.39, 0.29) is 12.5 Å².